The molecule has 0 amide bonds. The number of rotatable bonds is 7. The summed E-state index contributed by atoms with van der Waals surface area (Å²) >= 11 is 0. The molecular formula is C18H20N2O2. The highest BCUT2D eigenvalue weighted by Gasteiger charge is 2.05. The van der Waals surface area contributed by atoms with E-state index in [4.69, 9.17) is 10.00 Å². The number of benzene rings is 2. The predicted octanol–water partition coefficient (Wildman–Crippen LogP) is 2.40. The SMILES string of the molecule is Cc1cccc(OCC(O)CNCc2cccc(C#N)c2)c1. The Bertz CT molecular complexity index is 650. The molecule has 0 saturated carbocycles. The summed E-state index contributed by atoms with van der Waals surface area (Å²) in [6.07, 6.45) is -0.584. The van der Waals surface area contributed by atoms with E-state index < -0.39 is 6.10 Å². The number of aliphatic hydroxyl groups is 1. The second-order valence-corrected chi connectivity index (χ2v) is 5.22. The average Bonchev–Trinajstić information content (AvgIpc) is 2.53. The standard InChI is InChI=1S/C18H20N2O2/c1-14-4-2-7-18(8-14)22-13-17(21)12-20-11-16-6-3-5-15(9-16)10-19/h2-9,17,20-21H,11-13H2,1H3. The van der Waals surface area contributed by atoms with Gasteiger partial charge in [0, 0.05) is 13.1 Å². The minimum Gasteiger partial charge on any atom is -0.491 e. The van der Waals surface area contributed by atoms with Crippen LogP contribution in [0.3, 0.4) is 0 Å². The number of nitrogens with one attached hydrogen (secondary N) is 1. The maximum atomic E-state index is 9.92. The van der Waals surface area contributed by atoms with E-state index in [0.717, 1.165) is 16.9 Å². The van der Waals surface area contributed by atoms with Crippen molar-refractivity contribution < 1.29 is 9.84 Å². The van der Waals surface area contributed by atoms with E-state index in [1.54, 1.807) is 6.07 Å². The summed E-state index contributed by atoms with van der Waals surface area (Å²) < 4.78 is 5.55. The van der Waals surface area contributed by atoms with Crippen LogP contribution in [0, 0.1) is 18.3 Å². The summed E-state index contributed by atoms with van der Waals surface area (Å²) in [6, 6.07) is 17.3. The molecule has 0 heterocycles. The molecule has 0 radical (unpaired) electrons. The monoisotopic (exact) mass is 296 g/mol. The Morgan fingerprint density at radius 3 is 2.82 bits per heavy atom. The topological polar surface area (TPSA) is 65.3 Å². The lowest BCUT2D eigenvalue weighted by Crippen LogP contribution is -2.31. The van der Waals surface area contributed by atoms with E-state index in [1.807, 2.05) is 49.4 Å². The fraction of sp³-hybridized carbons (Fsp3) is 0.278. The van der Waals surface area contributed by atoms with Crippen molar-refractivity contribution in [2.24, 2.45) is 0 Å². The molecule has 2 rings (SSSR count). The van der Waals surface area contributed by atoms with Gasteiger partial charge in [0.05, 0.1) is 11.6 Å². The molecule has 0 spiro atoms. The van der Waals surface area contributed by atoms with E-state index in [9.17, 15) is 5.11 Å². The molecule has 0 aliphatic carbocycles. The third-order valence-electron chi connectivity index (χ3n) is 3.20. The van der Waals surface area contributed by atoms with Gasteiger partial charge in [-0.15, -0.1) is 0 Å². The highest BCUT2D eigenvalue weighted by Crippen LogP contribution is 2.12. The number of ether oxygens (including phenoxy) is 1. The second-order valence-electron chi connectivity index (χ2n) is 5.22. The molecule has 0 aliphatic heterocycles. The Hall–Kier alpha value is -2.35. The molecule has 1 unspecified atom stereocenters. The lowest BCUT2D eigenvalue weighted by molar-refractivity contribution is 0.106. The normalized spacial score (nSPS) is 11.7. The highest BCUT2D eigenvalue weighted by molar-refractivity contribution is 5.32. The first-order valence-electron chi connectivity index (χ1n) is 7.24. The van der Waals surface area contributed by atoms with E-state index >= 15 is 0 Å². The Labute approximate surface area is 131 Å². The van der Waals surface area contributed by atoms with Gasteiger partial charge in [-0.25, -0.2) is 0 Å². The smallest absolute Gasteiger partial charge is 0.119 e. The number of aliphatic hydroxyl groups excluding tert-OH is 1. The van der Waals surface area contributed by atoms with Crippen molar-refractivity contribution >= 4 is 0 Å². The largest absolute Gasteiger partial charge is 0.491 e. The molecule has 4 heteroatoms. The van der Waals surface area contributed by atoms with E-state index in [-0.39, 0.29) is 6.61 Å². The fourth-order valence-corrected chi connectivity index (χ4v) is 2.09. The number of hydrogen-bond donors (Lipinski definition) is 2. The molecule has 2 N–H and O–H groups in total. The molecule has 0 saturated heterocycles. The Morgan fingerprint density at radius 2 is 2.05 bits per heavy atom. The van der Waals surface area contributed by atoms with Crippen LogP contribution in [0.1, 0.15) is 16.7 Å². The number of nitriles is 1. The van der Waals surface area contributed by atoms with Crippen LogP contribution in [0.4, 0.5) is 0 Å². The molecule has 1 atom stereocenters. The summed E-state index contributed by atoms with van der Waals surface area (Å²) in [5, 5.41) is 21.9. The van der Waals surface area contributed by atoms with Gasteiger partial charge >= 0.3 is 0 Å². The van der Waals surface area contributed by atoms with Gasteiger partial charge in [-0.3, -0.25) is 0 Å². The van der Waals surface area contributed by atoms with Crippen LogP contribution in [-0.2, 0) is 6.54 Å². The van der Waals surface area contributed by atoms with Crippen LogP contribution < -0.4 is 10.1 Å². The lowest BCUT2D eigenvalue weighted by atomic mass is 10.1. The maximum absolute atomic E-state index is 9.92. The van der Waals surface area contributed by atoms with Gasteiger partial charge in [0.25, 0.3) is 0 Å². The minimum absolute atomic E-state index is 0.245. The van der Waals surface area contributed by atoms with Gasteiger partial charge in [-0.1, -0.05) is 24.3 Å². The van der Waals surface area contributed by atoms with Gasteiger partial charge in [-0.05, 0) is 42.3 Å². The minimum atomic E-state index is -0.584. The highest BCUT2D eigenvalue weighted by atomic mass is 16.5. The Morgan fingerprint density at radius 1 is 1.23 bits per heavy atom. The van der Waals surface area contributed by atoms with Crippen LogP contribution in [0.2, 0.25) is 0 Å². The third kappa shape index (κ3) is 5.21. The molecule has 114 valence electrons. The Balaban J connectivity index is 1.71. The summed E-state index contributed by atoms with van der Waals surface area (Å²) in [4.78, 5) is 0. The zero-order valence-corrected chi connectivity index (χ0v) is 12.6. The van der Waals surface area contributed by atoms with Crippen LogP contribution >= 0.6 is 0 Å². The molecule has 22 heavy (non-hydrogen) atoms. The summed E-state index contributed by atoms with van der Waals surface area (Å²) in [7, 11) is 0. The number of aryl methyl sites for hydroxylation is 1. The second kappa shape index (κ2) is 8.18. The molecule has 0 fully saturated rings. The van der Waals surface area contributed by atoms with Crippen molar-refractivity contribution in [2.75, 3.05) is 13.2 Å². The quantitative estimate of drug-likeness (QED) is 0.823. The zero-order valence-electron chi connectivity index (χ0n) is 12.6. The van der Waals surface area contributed by atoms with Crippen LogP contribution in [0.15, 0.2) is 48.5 Å². The van der Waals surface area contributed by atoms with Crippen molar-refractivity contribution in [1.29, 1.82) is 5.26 Å². The molecule has 0 aliphatic rings. The number of nitrogens with zero attached hydrogens (tertiary/aromatic N) is 1. The van der Waals surface area contributed by atoms with Crippen molar-refractivity contribution in [2.45, 2.75) is 19.6 Å². The van der Waals surface area contributed by atoms with Gasteiger partial charge in [-0.2, -0.15) is 5.26 Å². The maximum Gasteiger partial charge on any atom is 0.119 e. The van der Waals surface area contributed by atoms with Crippen molar-refractivity contribution in [3.05, 3.63) is 65.2 Å². The molecule has 0 bridgehead atoms. The van der Waals surface area contributed by atoms with Gasteiger partial charge in [0.2, 0.25) is 0 Å². The first-order valence-corrected chi connectivity index (χ1v) is 7.24. The van der Waals surface area contributed by atoms with Gasteiger partial charge < -0.3 is 15.2 Å². The Kier molecular flexibility index (Phi) is 5.96. The first kappa shape index (κ1) is 16.0. The summed E-state index contributed by atoms with van der Waals surface area (Å²) in [6.45, 7) is 3.29. The average molecular weight is 296 g/mol. The molecule has 2 aromatic carbocycles. The lowest BCUT2D eigenvalue weighted by Gasteiger charge is -2.13. The van der Waals surface area contributed by atoms with Crippen molar-refractivity contribution in [1.82, 2.24) is 5.32 Å². The summed E-state index contributed by atoms with van der Waals surface area (Å²) in [5.74, 6) is 0.765. The van der Waals surface area contributed by atoms with Crippen molar-refractivity contribution in [3.63, 3.8) is 0 Å². The van der Waals surface area contributed by atoms with Gasteiger partial charge in [0.1, 0.15) is 18.5 Å². The van der Waals surface area contributed by atoms with E-state index in [0.29, 0.717) is 18.7 Å². The third-order valence-corrected chi connectivity index (χ3v) is 3.20. The van der Waals surface area contributed by atoms with Crippen LogP contribution in [0.5, 0.6) is 5.75 Å². The molecule has 4 nitrogen and oxygen atoms in total. The van der Waals surface area contributed by atoms with E-state index in [2.05, 4.69) is 11.4 Å². The number of hydrogen-bond acceptors (Lipinski definition) is 4. The van der Waals surface area contributed by atoms with Crippen molar-refractivity contribution in [3.8, 4) is 11.8 Å². The first-order chi connectivity index (χ1) is 10.7. The van der Waals surface area contributed by atoms with Crippen LogP contribution in [-0.4, -0.2) is 24.4 Å². The van der Waals surface area contributed by atoms with Crippen LogP contribution in [0.25, 0.3) is 0 Å². The summed E-state index contributed by atoms with van der Waals surface area (Å²) in [5.41, 5.74) is 2.79. The molecule has 2 aromatic rings. The molecule has 0 aromatic heterocycles. The predicted molar refractivity (Wildman–Crippen MR) is 85.5 cm³/mol. The fourth-order valence-electron chi connectivity index (χ4n) is 2.09. The van der Waals surface area contributed by atoms with E-state index in [1.165, 1.54) is 0 Å². The van der Waals surface area contributed by atoms with Gasteiger partial charge in [0.15, 0.2) is 0 Å². The zero-order chi connectivity index (χ0) is 15.8. The molecular weight excluding hydrogens is 276 g/mol.